The van der Waals surface area contributed by atoms with Gasteiger partial charge in [-0.1, -0.05) is 32.0 Å². The maximum absolute atomic E-state index is 11.8. The molecule has 7 nitrogen and oxygen atoms in total. The van der Waals surface area contributed by atoms with Gasteiger partial charge in [0.05, 0.1) is 12.0 Å². The van der Waals surface area contributed by atoms with Crippen LogP contribution in [0.2, 0.25) is 0 Å². The highest BCUT2D eigenvalue weighted by Crippen LogP contribution is 2.20. The standard InChI is InChI=1S/C18H23N3O4/c1-12(2)8-15(18(24)25)20-9-14(17(22)23)16-10-19-11-21(16)13-6-4-3-5-7-13/h3-7,10-12,14-15,20H,8-9H2,1-2H3,(H,22,23)(H,24,25). The van der Waals surface area contributed by atoms with Gasteiger partial charge in [-0.2, -0.15) is 0 Å². The second-order valence-electron chi connectivity index (χ2n) is 6.34. The van der Waals surface area contributed by atoms with Gasteiger partial charge in [0.25, 0.3) is 0 Å². The predicted octanol–water partition coefficient (Wildman–Crippen LogP) is 2.13. The minimum absolute atomic E-state index is 0.0115. The van der Waals surface area contributed by atoms with E-state index in [1.165, 1.54) is 6.20 Å². The number of hydrogen-bond acceptors (Lipinski definition) is 4. The summed E-state index contributed by atoms with van der Waals surface area (Å²) in [4.78, 5) is 27.2. The number of para-hydroxylation sites is 1. The van der Waals surface area contributed by atoms with Crippen molar-refractivity contribution in [2.24, 2.45) is 5.92 Å². The average Bonchev–Trinajstić information content (AvgIpc) is 3.03. The van der Waals surface area contributed by atoms with E-state index in [9.17, 15) is 19.8 Å². The third kappa shape index (κ3) is 4.90. The molecular formula is C18H23N3O4. The predicted molar refractivity (Wildman–Crippen MR) is 92.8 cm³/mol. The molecule has 0 aliphatic carbocycles. The zero-order valence-electron chi connectivity index (χ0n) is 14.3. The fourth-order valence-corrected chi connectivity index (χ4v) is 2.69. The van der Waals surface area contributed by atoms with Gasteiger partial charge >= 0.3 is 11.9 Å². The van der Waals surface area contributed by atoms with E-state index >= 15 is 0 Å². The number of aliphatic carboxylic acids is 2. The summed E-state index contributed by atoms with van der Waals surface area (Å²) in [6, 6.07) is 8.52. The first kappa shape index (κ1) is 18.7. The van der Waals surface area contributed by atoms with Crippen molar-refractivity contribution in [1.82, 2.24) is 14.9 Å². The highest BCUT2D eigenvalue weighted by molar-refractivity contribution is 5.77. The Morgan fingerprint density at radius 3 is 2.40 bits per heavy atom. The Morgan fingerprint density at radius 1 is 1.16 bits per heavy atom. The molecule has 0 amide bonds. The topological polar surface area (TPSA) is 104 Å². The summed E-state index contributed by atoms with van der Waals surface area (Å²) in [7, 11) is 0. The van der Waals surface area contributed by atoms with Gasteiger partial charge in [0.15, 0.2) is 0 Å². The molecule has 2 rings (SSSR count). The largest absolute Gasteiger partial charge is 0.481 e. The van der Waals surface area contributed by atoms with E-state index in [1.807, 2.05) is 44.2 Å². The van der Waals surface area contributed by atoms with Gasteiger partial charge in [-0.15, -0.1) is 0 Å². The van der Waals surface area contributed by atoms with Crippen molar-refractivity contribution in [3.05, 3.63) is 48.5 Å². The number of carbonyl (C=O) groups is 2. The van der Waals surface area contributed by atoms with Crippen LogP contribution < -0.4 is 5.32 Å². The van der Waals surface area contributed by atoms with Crippen molar-refractivity contribution in [3.8, 4) is 5.69 Å². The van der Waals surface area contributed by atoms with Crippen LogP contribution in [0.3, 0.4) is 0 Å². The first-order chi connectivity index (χ1) is 11.9. The van der Waals surface area contributed by atoms with Crippen LogP contribution in [-0.4, -0.2) is 44.3 Å². The van der Waals surface area contributed by atoms with Crippen LogP contribution in [-0.2, 0) is 9.59 Å². The molecule has 2 atom stereocenters. The van der Waals surface area contributed by atoms with E-state index in [1.54, 1.807) is 10.9 Å². The lowest BCUT2D eigenvalue weighted by Gasteiger charge is -2.20. The van der Waals surface area contributed by atoms with E-state index in [0.717, 1.165) is 5.69 Å². The Balaban J connectivity index is 2.21. The molecule has 134 valence electrons. The van der Waals surface area contributed by atoms with Crippen molar-refractivity contribution >= 4 is 11.9 Å². The van der Waals surface area contributed by atoms with Crippen molar-refractivity contribution in [3.63, 3.8) is 0 Å². The fourth-order valence-electron chi connectivity index (χ4n) is 2.69. The van der Waals surface area contributed by atoms with Crippen LogP contribution in [0, 0.1) is 5.92 Å². The van der Waals surface area contributed by atoms with Crippen LogP contribution in [0.15, 0.2) is 42.9 Å². The van der Waals surface area contributed by atoms with E-state index in [4.69, 9.17) is 0 Å². The molecule has 0 saturated carbocycles. The van der Waals surface area contributed by atoms with Crippen LogP contribution in [0.5, 0.6) is 0 Å². The van der Waals surface area contributed by atoms with E-state index < -0.39 is 23.9 Å². The molecule has 7 heteroatoms. The number of rotatable bonds is 9. The molecule has 0 spiro atoms. The van der Waals surface area contributed by atoms with Gasteiger partial charge in [-0.05, 0) is 24.5 Å². The molecule has 2 unspecified atom stereocenters. The average molecular weight is 345 g/mol. The molecule has 0 saturated heterocycles. The second kappa shape index (κ2) is 8.43. The Hall–Kier alpha value is -2.67. The van der Waals surface area contributed by atoms with Gasteiger partial charge in [0.1, 0.15) is 12.0 Å². The molecule has 0 fully saturated rings. The van der Waals surface area contributed by atoms with Crippen LogP contribution >= 0.6 is 0 Å². The fraction of sp³-hybridized carbons (Fsp3) is 0.389. The maximum atomic E-state index is 11.8. The Kier molecular flexibility index (Phi) is 6.30. The minimum Gasteiger partial charge on any atom is -0.481 e. The summed E-state index contributed by atoms with van der Waals surface area (Å²) in [6.07, 6.45) is 3.49. The van der Waals surface area contributed by atoms with Crippen molar-refractivity contribution in [2.75, 3.05) is 6.54 Å². The lowest BCUT2D eigenvalue weighted by molar-refractivity contribution is -0.142. The molecule has 0 aliphatic heterocycles. The SMILES string of the molecule is CC(C)CC(NCC(C(=O)O)c1cncn1-c1ccccc1)C(=O)O. The Labute approximate surface area is 146 Å². The monoisotopic (exact) mass is 345 g/mol. The molecule has 25 heavy (non-hydrogen) atoms. The second-order valence-corrected chi connectivity index (χ2v) is 6.34. The normalized spacial score (nSPS) is 13.6. The first-order valence-corrected chi connectivity index (χ1v) is 8.16. The zero-order valence-corrected chi connectivity index (χ0v) is 14.3. The number of imidazole rings is 1. The van der Waals surface area contributed by atoms with Crippen LogP contribution in [0.25, 0.3) is 5.69 Å². The zero-order chi connectivity index (χ0) is 18.4. The lowest BCUT2D eigenvalue weighted by Crippen LogP contribution is -2.41. The Bertz CT molecular complexity index is 712. The van der Waals surface area contributed by atoms with Gasteiger partial charge in [-0.3, -0.25) is 9.59 Å². The molecule has 0 aliphatic rings. The molecule has 1 aromatic heterocycles. The number of carboxylic acid groups (broad SMARTS) is 2. The molecule has 0 bridgehead atoms. The summed E-state index contributed by atoms with van der Waals surface area (Å²) in [6.45, 7) is 3.87. The molecule has 0 radical (unpaired) electrons. The summed E-state index contributed by atoms with van der Waals surface area (Å²) < 4.78 is 1.71. The molecule has 2 aromatic rings. The van der Waals surface area contributed by atoms with Gasteiger partial charge in [0.2, 0.25) is 0 Å². The summed E-state index contributed by atoms with van der Waals surface area (Å²) >= 11 is 0. The maximum Gasteiger partial charge on any atom is 0.320 e. The summed E-state index contributed by atoms with van der Waals surface area (Å²) in [5.74, 6) is -2.73. The molecule has 3 N–H and O–H groups in total. The van der Waals surface area contributed by atoms with Crippen LogP contribution in [0.4, 0.5) is 0 Å². The quantitative estimate of drug-likeness (QED) is 0.643. The first-order valence-electron chi connectivity index (χ1n) is 8.16. The number of nitrogens with zero attached hydrogens (tertiary/aromatic N) is 2. The number of aromatic nitrogens is 2. The van der Waals surface area contributed by atoms with E-state index in [0.29, 0.717) is 12.1 Å². The summed E-state index contributed by atoms with van der Waals surface area (Å²) in [5, 5.41) is 21.8. The third-order valence-corrected chi connectivity index (χ3v) is 3.93. The van der Waals surface area contributed by atoms with Gasteiger partial charge in [-0.25, -0.2) is 4.98 Å². The van der Waals surface area contributed by atoms with Crippen molar-refractivity contribution < 1.29 is 19.8 Å². The third-order valence-electron chi connectivity index (χ3n) is 3.93. The highest BCUT2D eigenvalue weighted by Gasteiger charge is 2.27. The van der Waals surface area contributed by atoms with Crippen molar-refractivity contribution in [2.45, 2.75) is 32.2 Å². The van der Waals surface area contributed by atoms with Gasteiger partial charge < -0.3 is 20.1 Å². The lowest BCUT2D eigenvalue weighted by atomic mass is 10.0. The molecule has 1 heterocycles. The summed E-state index contributed by atoms with van der Waals surface area (Å²) in [5.41, 5.74) is 1.30. The molecular weight excluding hydrogens is 322 g/mol. The minimum atomic E-state index is -1.03. The number of nitrogens with one attached hydrogen (secondary N) is 1. The van der Waals surface area contributed by atoms with E-state index in [-0.39, 0.29) is 12.5 Å². The smallest absolute Gasteiger partial charge is 0.320 e. The van der Waals surface area contributed by atoms with Crippen LogP contribution in [0.1, 0.15) is 31.9 Å². The highest BCUT2D eigenvalue weighted by atomic mass is 16.4. The number of benzene rings is 1. The van der Waals surface area contributed by atoms with E-state index in [2.05, 4.69) is 10.3 Å². The van der Waals surface area contributed by atoms with Crippen molar-refractivity contribution in [1.29, 1.82) is 0 Å². The molecule has 1 aromatic carbocycles. The number of carboxylic acids is 2. The Morgan fingerprint density at radius 2 is 1.84 bits per heavy atom. The number of hydrogen-bond donors (Lipinski definition) is 3. The van der Waals surface area contributed by atoms with Gasteiger partial charge in [0, 0.05) is 18.4 Å².